The predicted octanol–water partition coefficient (Wildman–Crippen LogP) is 5.11. The Balaban J connectivity index is 2.18. The van der Waals surface area contributed by atoms with E-state index >= 15 is 0 Å². The van der Waals surface area contributed by atoms with Crippen molar-refractivity contribution in [3.05, 3.63) is 69.4 Å². The fourth-order valence-electron chi connectivity index (χ4n) is 1.96. The summed E-state index contributed by atoms with van der Waals surface area (Å²) in [6, 6.07) is 12.8. The maximum Gasteiger partial charge on any atom is 0.129 e. The lowest BCUT2D eigenvalue weighted by atomic mass is 10.0. The van der Waals surface area contributed by atoms with Gasteiger partial charge in [-0.2, -0.15) is 0 Å². The molecule has 0 aliphatic heterocycles. The molecule has 0 N–H and O–H groups in total. The lowest BCUT2D eigenvalue weighted by molar-refractivity contribution is 0.202. The second-order valence-corrected chi connectivity index (χ2v) is 5.86. The van der Waals surface area contributed by atoms with Crippen LogP contribution in [0.1, 0.15) is 22.1 Å². The highest BCUT2D eigenvalue weighted by molar-refractivity contribution is 9.10. The van der Waals surface area contributed by atoms with E-state index in [1.807, 2.05) is 24.3 Å². The van der Waals surface area contributed by atoms with E-state index in [2.05, 4.69) is 15.9 Å². The summed E-state index contributed by atoms with van der Waals surface area (Å²) >= 11 is 9.61. The molecule has 0 radical (unpaired) electrons. The maximum atomic E-state index is 13.9. The van der Waals surface area contributed by atoms with Gasteiger partial charge in [-0.15, -0.1) is 11.6 Å². The summed E-state index contributed by atoms with van der Waals surface area (Å²) in [4.78, 5) is 0. The van der Waals surface area contributed by atoms with E-state index in [9.17, 15) is 4.39 Å². The average Bonchev–Trinajstić information content (AvgIpc) is 2.45. The lowest BCUT2D eigenvalue weighted by Crippen LogP contribution is -1.98. The zero-order valence-electron chi connectivity index (χ0n) is 11.1. The largest absolute Gasteiger partial charge is 0.384 e. The van der Waals surface area contributed by atoms with Gasteiger partial charge in [-0.1, -0.05) is 46.3 Å². The van der Waals surface area contributed by atoms with Crippen molar-refractivity contribution in [1.82, 2.24) is 0 Å². The van der Waals surface area contributed by atoms with E-state index in [1.54, 1.807) is 19.2 Å². The van der Waals surface area contributed by atoms with Crippen molar-refractivity contribution >= 4 is 27.5 Å². The van der Waals surface area contributed by atoms with Crippen molar-refractivity contribution in [3.63, 3.8) is 0 Å². The predicted molar refractivity (Wildman–Crippen MR) is 83.8 cm³/mol. The molecule has 0 spiro atoms. The van der Waals surface area contributed by atoms with Gasteiger partial charge in [-0.05, 0) is 29.7 Å². The zero-order chi connectivity index (χ0) is 14.5. The SMILES string of the molecule is COCCc1ccc(C(Cl)c2ccc(Br)cc2F)cc1. The first-order valence-electron chi connectivity index (χ1n) is 6.28. The van der Waals surface area contributed by atoms with Gasteiger partial charge in [0, 0.05) is 17.1 Å². The number of hydrogen-bond acceptors (Lipinski definition) is 1. The minimum atomic E-state index is -0.487. The van der Waals surface area contributed by atoms with E-state index < -0.39 is 5.38 Å². The van der Waals surface area contributed by atoms with E-state index in [0.717, 1.165) is 12.0 Å². The van der Waals surface area contributed by atoms with Crippen LogP contribution >= 0.6 is 27.5 Å². The molecule has 106 valence electrons. The highest BCUT2D eigenvalue weighted by atomic mass is 79.9. The first kappa shape index (κ1) is 15.5. The highest BCUT2D eigenvalue weighted by Gasteiger charge is 2.15. The maximum absolute atomic E-state index is 13.9. The van der Waals surface area contributed by atoms with Crippen molar-refractivity contribution < 1.29 is 9.13 Å². The van der Waals surface area contributed by atoms with Gasteiger partial charge in [-0.25, -0.2) is 4.39 Å². The van der Waals surface area contributed by atoms with Crippen molar-refractivity contribution in [2.24, 2.45) is 0 Å². The van der Waals surface area contributed by atoms with Gasteiger partial charge in [0.25, 0.3) is 0 Å². The second kappa shape index (κ2) is 7.21. The van der Waals surface area contributed by atoms with Crippen LogP contribution in [0.2, 0.25) is 0 Å². The number of hydrogen-bond donors (Lipinski definition) is 0. The van der Waals surface area contributed by atoms with Gasteiger partial charge in [0.2, 0.25) is 0 Å². The van der Waals surface area contributed by atoms with Gasteiger partial charge in [0.1, 0.15) is 5.82 Å². The summed E-state index contributed by atoms with van der Waals surface area (Å²) in [6.45, 7) is 0.686. The van der Waals surface area contributed by atoms with Crippen molar-refractivity contribution in [1.29, 1.82) is 0 Å². The molecule has 0 bridgehead atoms. The topological polar surface area (TPSA) is 9.23 Å². The third-order valence-corrected chi connectivity index (χ3v) is 4.08. The molecule has 2 rings (SSSR count). The molecule has 0 saturated carbocycles. The molecule has 2 aromatic carbocycles. The van der Waals surface area contributed by atoms with Gasteiger partial charge in [-0.3, -0.25) is 0 Å². The first-order chi connectivity index (χ1) is 9.61. The fraction of sp³-hybridized carbons (Fsp3) is 0.250. The first-order valence-corrected chi connectivity index (χ1v) is 7.51. The number of ether oxygens (including phenoxy) is 1. The van der Waals surface area contributed by atoms with Crippen LogP contribution in [0.3, 0.4) is 0 Å². The summed E-state index contributed by atoms with van der Waals surface area (Å²) in [5.74, 6) is -0.303. The molecule has 1 unspecified atom stereocenters. The summed E-state index contributed by atoms with van der Waals surface area (Å²) in [5, 5.41) is -0.487. The molecular weight excluding hydrogens is 343 g/mol. The summed E-state index contributed by atoms with van der Waals surface area (Å²) < 4.78 is 19.6. The number of alkyl halides is 1. The van der Waals surface area contributed by atoms with Crippen LogP contribution in [0.25, 0.3) is 0 Å². The molecule has 0 aliphatic rings. The van der Waals surface area contributed by atoms with Gasteiger partial charge in [0.15, 0.2) is 0 Å². The number of halogens is 3. The Morgan fingerprint density at radius 1 is 1.20 bits per heavy atom. The number of benzene rings is 2. The molecule has 4 heteroatoms. The molecule has 0 fully saturated rings. The standard InChI is InChI=1S/C16H15BrClFO/c1-20-9-8-11-2-4-12(5-3-11)16(18)14-7-6-13(17)10-15(14)19/h2-7,10,16H,8-9H2,1H3. The Morgan fingerprint density at radius 2 is 1.90 bits per heavy atom. The smallest absolute Gasteiger partial charge is 0.129 e. The Bertz CT molecular complexity index is 571. The van der Waals surface area contributed by atoms with Crippen LogP contribution in [0.15, 0.2) is 46.9 Å². The van der Waals surface area contributed by atoms with Gasteiger partial charge >= 0.3 is 0 Å². The molecule has 2 aromatic rings. The summed E-state index contributed by atoms with van der Waals surface area (Å²) in [5.41, 5.74) is 2.55. The molecule has 0 heterocycles. The molecule has 0 amide bonds. The Labute approximate surface area is 131 Å². The van der Waals surface area contributed by atoms with E-state index in [1.165, 1.54) is 11.6 Å². The van der Waals surface area contributed by atoms with Crippen molar-refractivity contribution in [2.45, 2.75) is 11.8 Å². The molecule has 0 aromatic heterocycles. The minimum absolute atomic E-state index is 0.303. The quantitative estimate of drug-likeness (QED) is 0.676. The number of rotatable bonds is 5. The van der Waals surface area contributed by atoms with Gasteiger partial charge in [0.05, 0.1) is 12.0 Å². The highest BCUT2D eigenvalue weighted by Crippen LogP contribution is 2.31. The molecule has 20 heavy (non-hydrogen) atoms. The van der Waals surface area contributed by atoms with Crippen molar-refractivity contribution in [3.8, 4) is 0 Å². The normalized spacial score (nSPS) is 12.4. The molecule has 0 aliphatic carbocycles. The Kier molecular flexibility index (Phi) is 5.58. The van der Waals surface area contributed by atoms with Crippen LogP contribution in [0, 0.1) is 5.82 Å². The lowest BCUT2D eigenvalue weighted by Gasteiger charge is -2.12. The Hall–Kier alpha value is -0.900. The van der Waals surface area contributed by atoms with E-state index in [0.29, 0.717) is 16.6 Å². The van der Waals surface area contributed by atoms with E-state index in [4.69, 9.17) is 16.3 Å². The van der Waals surface area contributed by atoms with Crippen LogP contribution in [0.4, 0.5) is 4.39 Å². The minimum Gasteiger partial charge on any atom is -0.384 e. The van der Waals surface area contributed by atoms with Crippen LogP contribution in [0.5, 0.6) is 0 Å². The monoisotopic (exact) mass is 356 g/mol. The third kappa shape index (κ3) is 3.81. The van der Waals surface area contributed by atoms with Crippen molar-refractivity contribution in [2.75, 3.05) is 13.7 Å². The summed E-state index contributed by atoms with van der Waals surface area (Å²) in [7, 11) is 1.68. The Morgan fingerprint density at radius 3 is 2.50 bits per heavy atom. The van der Waals surface area contributed by atoms with Crippen LogP contribution in [-0.4, -0.2) is 13.7 Å². The average molecular weight is 358 g/mol. The van der Waals surface area contributed by atoms with Crippen LogP contribution in [-0.2, 0) is 11.2 Å². The number of methoxy groups -OCH3 is 1. The third-order valence-electron chi connectivity index (χ3n) is 3.10. The fourth-order valence-corrected chi connectivity index (χ4v) is 2.62. The van der Waals surface area contributed by atoms with Gasteiger partial charge < -0.3 is 4.74 Å². The summed E-state index contributed by atoms with van der Waals surface area (Å²) in [6.07, 6.45) is 0.858. The molecular formula is C16H15BrClFO. The van der Waals surface area contributed by atoms with E-state index in [-0.39, 0.29) is 5.82 Å². The molecule has 0 saturated heterocycles. The molecule has 1 nitrogen and oxygen atoms in total. The second-order valence-electron chi connectivity index (χ2n) is 4.51. The molecule has 1 atom stereocenters. The van der Waals surface area contributed by atoms with Crippen LogP contribution < -0.4 is 0 Å². The zero-order valence-corrected chi connectivity index (χ0v) is 13.4.